The molecule has 3 nitrogen and oxygen atoms in total. The van der Waals surface area contributed by atoms with E-state index >= 15 is 0 Å². The van der Waals surface area contributed by atoms with Gasteiger partial charge in [0.2, 0.25) is 0 Å². The van der Waals surface area contributed by atoms with Crippen LogP contribution in [0.5, 0.6) is 0 Å². The summed E-state index contributed by atoms with van der Waals surface area (Å²) in [6.07, 6.45) is 0. The molecular weight excluding hydrogens is 865 g/mol. The van der Waals surface area contributed by atoms with E-state index in [0.717, 1.165) is 33.3 Å². The molecule has 0 aliphatic rings. The lowest BCUT2D eigenvalue weighted by atomic mass is 10.0. The Morgan fingerprint density at radius 2 is 0.671 bits per heavy atom. The van der Waals surface area contributed by atoms with Gasteiger partial charge in [-0.2, -0.15) is 0 Å². The minimum absolute atomic E-state index is 0.888. The highest BCUT2D eigenvalue weighted by molar-refractivity contribution is 7.20. The van der Waals surface area contributed by atoms with Gasteiger partial charge in [-0.3, -0.25) is 0 Å². The molecule has 70 heavy (non-hydrogen) atoms. The van der Waals surface area contributed by atoms with Crippen molar-refractivity contribution in [1.82, 2.24) is 9.13 Å². The van der Waals surface area contributed by atoms with E-state index in [1.165, 1.54) is 86.6 Å². The van der Waals surface area contributed by atoms with Crippen molar-refractivity contribution < 1.29 is 4.42 Å². The van der Waals surface area contributed by atoms with Crippen LogP contribution in [0, 0.1) is 0 Å². The number of hydrogen-bond acceptors (Lipinski definition) is 1. The quantitative estimate of drug-likeness (QED) is 0.110. The molecule has 0 bridgehead atoms. The number of hydrogen-bond donors (Lipinski definition) is 0. The molecule has 4 heteroatoms. The van der Waals surface area contributed by atoms with Gasteiger partial charge in [-0.15, -0.1) is 0 Å². The molecule has 0 aliphatic heterocycles. The first-order valence-electron chi connectivity index (χ1n) is 24.1. The molecule has 0 saturated carbocycles. The van der Waals surface area contributed by atoms with Crippen molar-refractivity contribution in [3.63, 3.8) is 0 Å². The molecule has 11 aromatic carbocycles. The fourth-order valence-corrected chi connectivity index (χ4v) is 16.3. The number of rotatable bonds is 8. The Morgan fingerprint density at radius 1 is 0.243 bits per heavy atom. The van der Waals surface area contributed by atoms with Crippen LogP contribution >= 0.6 is 0 Å². The van der Waals surface area contributed by atoms with Gasteiger partial charge < -0.3 is 13.6 Å². The Labute approximate surface area is 406 Å². The Hall–Kier alpha value is -8.96. The van der Waals surface area contributed by atoms with Gasteiger partial charge >= 0.3 is 0 Å². The highest BCUT2D eigenvalue weighted by Gasteiger charge is 2.42. The number of fused-ring (bicyclic) bond motifs is 9. The third-order valence-electron chi connectivity index (χ3n) is 14.7. The molecule has 1 unspecified atom stereocenters. The van der Waals surface area contributed by atoms with E-state index in [2.05, 4.69) is 276 Å². The molecular formula is C66H44N2OSi. The van der Waals surface area contributed by atoms with Gasteiger partial charge in [0.15, 0.2) is 8.07 Å². The van der Waals surface area contributed by atoms with Gasteiger partial charge in [0.25, 0.3) is 0 Å². The maximum Gasteiger partial charge on any atom is 0.179 e. The maximum atomic E-state index is 6.63. The topological polar surface area (TPSA) is 23.0 Å². The summed E-state index contributed by atoms with van der Waals surface area (Å²) in [6, 6.07) is 98.5. The molecule has 0 aliphatic carbocycles. The average molecular weight is 909 g/mol. The molecule has 0 fully saturated rings. The number of benzene rings is 11. The van der Waals surface area contributed by atoms with Crippen molar-refractivity contribution in [2.24, 2.45) is 0 Å². The zero-order chi connectivity index (χ0) is 46.2. The van der Waals surface area contributed by atoms with Gasteiger partial charge in [-0.25, -0.2) is 0 Å². The van der Waals surface area contributed by atoms with Crippen LogP contribution in [0.1, 0.15) is 0 Å². The summed E-state index contributed by atoms with van der Waals surface area (Å²) in [5, 5.41) is 12.4. The third kappa shape index (κ3) is 6.20. The van der Waals surface area contributed by atoms with Crippen LogP contribution in [0.4, 0.5) is 0 Å². The van der Waals surface area contributed by atoms with E-state index in [0.29, 0.717) is 0 Å². The predicted molar refractivity (Wildman–Crippen MR) is 297 cm³/mol. The van der Waals surface area contributed by atoms with Crippen LogP contribution in [0.2, 0.25) is 0 Å². The van der Waals surface area contributed by atoms with Gasteiger partial charge in [-0.1, -0.05) is 200 Å². The summed E-state index contributed by atoms with van der Waals surface area (Å²) in [4.78, 5) is 0. The Morgan fingerprint density at radius 3 is 1.31 bits per heavy atom. The first-order chi connectivity index (χ1) is 34.7. The van der Waals surface area contributed by atoms with Crippen LogP contribution in [0.25, 0.3) is 99.2 Å². The predicted octanol–water partition coefficient (Wildman–Crippen LogP) is 14.5. The zero-order valence-corrected chi connectivity index (χ0v) is 39.2. The zero-order valence-electron chi connectivity index (χ0n) is 38.2. The number of para-hydroxylation sites is 3. The molecule has 0 radical (unpaired) electrons. The van der Waals surface area contributed by atoms with Crippen LogP contribution in [-0.2, 0) is 0 Å². The van der Waals surface area contributed by atoms with E-state index in [1.807, 2.05) is 0 Å². The molecule has 0 amide bonds. The van der Waals surface area contributed by atoms with Crippen molar-refractivity contribution >= 4 is 94.4 Å². The van der Waals surface area contributed by atoms with Crippen molar-refractivity contribution in [3.05, 3.63) is 267 Å². The van der Waals surface area contributed by atoms with Crippen LogP contribution in [-0.4, -0.2) is 17.2 Å². The monoisotopic (exact) mass is 908 g/mol. The molecule has 14 aromatic rings. The normalized spacial score (nSPS) is 12.7. The van der Waals surface area contributed by atoms with E-state index in [9.17, 15) is 0 Å². The molecule has 3 aromatic heterocycles. The van der Waals surface area contributed by atoms with Gasteiger partial charge in [0.1, 0.15) is 11.2 Å². The Bertz CT molecular complexity index is 4230. The molecule has 3 heterocycles. The lowest BCUT2D eigenvalue weighted by Crippen LogP contribution is -2.74. The number of nitrogens with zero attached hydrogens (tertiary/aromatic N) is 2. The molecule has 328 valence electrons. The number of aromatic nitrogens is 2. The highest BCUT2D eigenvalue weighted by atomic mass is 28.3. The summed E-state index contributed by atoms with van der Waals surface area (Å²) in [6.45, 7) is 0. The summed E-state index contributed by atoms with van der Waals surface area (Å²) < 4.78 is 11.5. The Kier molecular flexibility index (Phi) is 9.23. The smallest absolute Gasteiger partial charge is 0.179 e. The SMILES string of the molecule is c1ccc(-c2ccc([Si](c3ccccc3)(c3cccc(-n4c5ccccc5c5cc(-n6c7ccccc7c7ccccc76)ccc54)c3)c3ccc4oc5ccc(-c6ccccc6)cc5c4c3)cc2)cc1. The third-order valence-corrected chi connectivity index (χ3v) is 19.4. The second-order valence-corrected chi connectivity index (χ2v) is 22.2. The second-order valence-electron chi connectivity index (χ2n) is 18.4. The first kappa shape index (κ1) is 40.1. The van der Waals surface area contributed by atoms with E-state index in [-0.39, 0.29) is 0 Å². The largest absolute Gasteiger partial charge is 0.456 e. The highest BCUT2D eigenvalue weighted by Crippen LogP contribution is 2.38. The van der Waals surface area contributed by atoms with Crippen molar-refractivity contribution in [3.8, 4) is 33.6 Å². The molecule has 0 N–H and O–H groups in total. The Balaban J connectivity index is 1.01. The molecule has 1 atom stereocenters. The molecule has 0 saturated heterocycles. The van der Waals surface area contributed by atoms with Gasteiger partial charge in [0.05, 0.1) is 22.1 Å². The summed E-state index contributed by atoms with van der Waals surface area (Å²) in [5.74, 6) is 0. The lowest BCUT2D eigenvalue weighted by Gasteiger charge is -2.35. The van der Waals surface area contributed by atoms with E-state index in [1.54, 1.807) is 0 Å². The summed E-state index contributed by atoms with van der Waals surface area (Å²) in [5.41, 5.74) is 13.6. The summed E-state index contributed by atoms with van der Waals surface area (Å²) >= 11 is 0. The van der Waals surface area contributed by atoms with Crippen molar-refractivity contribution in [1.29, 1.82) is 0 Å². The first-order valence-corrected chi connectivity index (χ1v) is 26.1. The maximum absolute atomic E-state index is 6.63. The van der Waals surface area contributed by atoms with Crippen LogP contribution in [0.15, 0.2) is 271 Å². The molecule has 0 spiro atoms. The van der Waals surface area contributed by atoms with E-state index < -0.39 is 8.07 Å². The van der Waals surface area contributed by atoms with Gasteiger partial charge in [-0.05, 0) is 110 Å². The summed E-state index contributed by atoms with van der Waals surface area (Å²) in [7, 11) is -3.11. The van der Waals surface area contributed by atoms with Crippen LogP contribution in [0.3, 0.4) is 0 Å². The second kappa shape index (κ2) is 16.1. The fraction of sp³-hybridized carbons (Fsp3) is 0. The van der Waals surface area contributed by atoms with Crippen LogP contribution < -0.4 is 20.7 Å². The minimum Gasteiger partial charge on any atom is -0.456 e. The standard InChI is InChI=1S/C66H44N2OSi/c1-4-17-45(18-5-1)47-31-35-52(36-32-47)70(51-22-8-3-9-23-51,54-37-40-66-60(44-54)59-41-48(33-39-65(59)69-66)46-19-6-2-7-20-46)53-24-16-21-49(42-53)67-63-30-15-12-27-57(63)58-43-50(34-38-64(58)67)68-61-28-13-10-25-55(61)56-26-11-14-29-62(56)68/h1-44H. The molecule has 14 rings (SSSR count). The van der Waals surface area contributed by atoms with Crippen molar-refractivity contribution in [2.45, 2.75) is 0 Å². The fourth-order valence-electron chi connectivity index (χ4n) is 11.5. The van der Waals surface area contributed by atoms with Gasteiger partial charge in [0, 0.05) is 43.7 Å². The minimum atomic E-state index is -3.11. The average Bonchev–Trinajstić information content (AvgIpc) is 4.09. The number of furan rings is 1. The lowest BCUT2D eigenvalue weighted by molar-refractivity contribution is 0.669. The van der Waals surface area contributed by atoms with E-state index in [4.69, 9.17) is 4.42 Å². The van der Waals surface area contributed by atoms with Crippen molar-refractivity contribution in [2.75, 3.05) is 0 Å².